The van der Waals surface area contributed by atoms with Crippen LogP contribution in [0.2, 0.25) is 0 Å². The highest BCUT2D eigenvalue weighted by atomic mass is 32.2. The lowest BCUT2D eigenvalue weighted by Gasteiger charge is -2.33. The lowest BCUT2D eigenvalue weighted by Crippen LogP contribution is -2.48. The van der Waals surface area contributed by atoms with E-state index in [1.165, 1.54) is 37.6 Å². The first-order valence-electron chi connectivity index (χ1n) is 9.20. The molecule has 0 radical (unpaired) electrons. The van der Waals surface area contributed by atoms with Crippen LogP contribution >= 0.6 is 34.0 Å². The van der Waals surface area contributed by atoms with Crippen LogP contribution in [0.4, 0.5) is 0 Å². The monoisotopic (exact) mass is 479 g/mol. The van der Waals surface area contributed by atoms with Gasteiger partial charge in [0.2, 0.25) is 4.96 Å². The first kappa shape index (κ1) is 20.0. The predicted octanol–water partition coefficient (Wildman–Crippen LogP) is 2.45. The molecule has 5 rings (SSSR count). The van der Waals surface area contributed by atoms with Gasteiger partial charge in [-0.2, -0.15) is 13.9 Å². The smallest absolute Gasteiger partial charge is 0.275 e. The van der Waals surface area contributed by atoms with Crippen LogP contribution in [-0.4, -0.2) is 58.4 Å². The van der Waals surface area contributed by atoms with E-state index in [2.05, 4.69) is 15.0 Å². The number of aromatic nitrogens is 3. The highest BCUT2D eigenvalue weighted by Crippen LogP contribution is 2.28. The third kappa shape index (κ3) is 3.74. The highest BCUT2D eigenvalue weighted by Gasteiger charge is 2.29. The Kier molecular flexibility index (Phi) is 5.29. The zero-order valence-electron chi connectivity index (χ0n) is 15.7. The molecule has 0 aromatic carbocycles. The summed E-state index contributed by atoms with van der Waals surface area (Å²) < 4.78 is 28.6. The maximum Gasteiger partial charge on any atom is 0.275 e. The average molecular weight is 480 g/mol. The second-order valence-corrected chi connectivity index (χ2v) is 11.8. The van der Waals surface area contributed by atoms with Gasteiger partial charge in [-0.3, -0.25) is 9.69 Å². The van der Waals surface area contributed by atoms with Crippen LogP contribution in [0.25, 0.3) is 14.8 Å². The molecule has 12 heteroatoms. The number of hydrogen-bond acceptors (Lipinski definition) is 9. The zero-order chi connectivity index (χ0) is 20.7. The molecule has 0 amide bonds. The Morgan fingerprint density at radius 3 is 2.50 bits per heavy atom. The molecule has 0 saturated carbocycles. The van der Waals surface area contributed by atoms with Crippen molar-refractivity contribution < 1.29 is 8.42 Å². The van der Waals surface area contributed by atoms with Crippen LogP contribution < -0.4 is 5.56 Å². The van der Waals surface area contributed by atoms with Crippen molar-refractivity contribution in [1.29, 1.82) is 0 Å². The van der Waals surface area contributed by atoms with Gasteiger partial charge in [-0.25, -0.2) is 13.4 Å². The molecule has 30 heavy (non-hydrogen) atoms. The Labute approximate surface area is 184 Å². The van der Waals surface area contributed by atoms with Crippen molar-refractivity contribution in [2.75, 3.05) is 26.2 Å². The van der Waals surface area contributed by atoms with Crippen LogP contribution in [0.5, 0.6) is 0 Å². The summed E-state index contributed by atoms with van der Waals surface area (Å²) in [7, 11) is -3.42. The number of piperazine rings is 1. The molecule has 5 heterocycles. The van der Waals surface area contributed by atoms with E-state index < -0.39 is 10.0 Å². The molecule has 0 aliphatic carbocycles. The molecule has 1 aliphatic heterocycles. The SMILES string of the molecule is O=c1cc(CN2CCN(S(=O)(=O)c3cccs3)CC2)nc2sc(-c3cccs3)nn12. The average Bonchev–Trinajstić information content (AvgIpc) is 3.48. The fourth-order valence-corrected chi connectivity index (χ4v) is 7.61. The van der Waals surface area contributed by atoms with Crippen LogP contribution in [0.1, 0.15) is 5.69 Å². The molecule has 8 nitrogen and oxygen atoms in total. The summed E-state index contributed by atoms with van der Waals surface area (Å²) >= 11 is 4.20. The van der Waals surface area contributed by atoms with Gasteiger partial charge in [0.1, 0.15) is 4.21 Å². The number of nitrogens with zero attached hydrogens (tertiary/aromatic N) is 5. The Morgan fingerprint density at radius 2 is 1.80 bits per heavy atom. The summed E-state index contributed by atoms with van der Waals surface area (Å²) in [6.07, 6.45) is 0. The van der Waals surface area contributed by atoms with Crippen LogP contribution in [-0.2, 0) is 16.6 Å². The van der Waals surface area contributed by atoms with Crippen molar-refractivity contribution in [3.05, 3.63) is 57.1 Å². The summed E-state index contributed by atoms with van der Waals surface area (Å²) in [5.41, 5.74) is 0.476. The molecule has 4 aromatic rings. The fourth-order valence-electron chi connectivity index (χ4n) is 3.33. The standard InChI is InChI=1S/C18H17N5O3S4/c24-15-11-13(19-18-23(15)20-17(29-18)14-3-1-9-27-14)12-21-5-7-22(8-6-21)30(25,26)16-4-2-10-28-16/h1-4,9-11H,5-8,12H2. The molecule has 0 spiro atoms. The number of fused-ring (bicyclic) bond motifs is 1. The van der Waals surface area contributed by atoms with E-state index in [4.69, 9.17) is 0 Å². The molecule has 0 bridgehead atoms. The summed E-state index contributed by atoms with van der Waals surface area (Å²) in [4.78, 5) is 20.8. The number of sulfonamides is 1. The summed E-state index contributed by atoms with van der Waals surface area (Å²) in [6.45, 7) is 2.53. The van der Waals surface area contributed by atoms with E-state index in [9.17, 15) is 13.2 Å². The third-order valence-corrected chi connectivity index (χ3v) is 10.1. The number of thiophene rings is 2. The summed E-state index contributed by atoms with van der Waals surface area (Å²) in [5, 5.41) is 8.91. The maximum absolute atomic E-state index is 12.7. The van der Waals surface area contributed by atoms with Gasteiger partial charge in [-0.15, -0.1) is 22.7 Å². The molecule has 0 unspecified atom stereocenters. The minimum atomic E-state index is -3.42. The van der Waals surface area contributed by atoms with E-state index in [1.54, 1.807) is 28.8 Å². The first-order chi connectivity index (χ1) is 14.5. The molecule has 0 N–H and O–H groups in total. The topological polar surface area (TPSA) is 87.9 Å². The van der Waals surface area contributed by atoms with Gasteiger partial charge in [0.15, 0.2) is 5.01 Å². The lowest BCUT2D eigenvalue weighted by atomic mass is 10.3. The largest absolute Gasteiger partial charge is 0.295 e. The molecule has 1 fully saturated rings. The van der Waals surface area contributed by atoms with Crippen molar-refractivity contribution in [3.8, 4) is 9.88 Å². The Bertz CT molecular complexity index is 1320. The number of rotatable bonds is 5. The maximum atomic E-state index is 12.7. The molecule has 1 saturated heterocycles. The fraction of sp³-hybridized carbons (Fsp3) is 0.278. The molecular weight excluding hydrogens is 462 g/mol. The highest BCUT2D eigenvalue weighted by molar-refractivity contribution is 7.91. The van der Waals surface area contributed by atoms with Gasteiger partial charge in [0.25, 0.3) is 15.6 Å². The normalized spacial score (nSPS) is 16.4. The minimum Gasteiger partial charge on any atom is -0.295 e. The van der Waals surface area contributed by atoms with E-state index >= 15 is 0 Å². The van der Waals surface area contributed by atoms with E-state index in [0.717, 1.165) is 9.88 Å². The minimum absolute atomic E-state index is 0.201. The number of hydrogen-bond donors (Lipinski definition) is 0. The second-order valence-electron chi connectivity index (χ2n) is 6.78. The van der Waals surface area contributed by atoms with Crippen LogP contribution in [0.15, 0.2) is 50.1 Å². The second kappa shape index (κ2) is 7.94. The van der Waals surface area contributed by atoms with Crippen molar-refractivity contribution in [2.24, 2.45) is 0 Å². The zero-order valence-corrected chi connectivity index (χ0v) is 18.9. The summed E-state index contributed by atoms with van der Waals surface area (Å²) in [5.74, 6) is 0. The van der Waals surface area contributed by atoms with E-state index in [-0.39, 0.29) is 5.56 Å². The predicted molar refractivity (Wildman–Crippen MR) is 119 cm³/mol. The van der Waals surface area contributed by atoms with Crippen molar-refractivity contribution in [3.63, 3.8) is 0 Å². The van der Waals surface area contributed by atoms with Gasteiger partial charge < -0.3 is 0 Å². The molecular formula is C18H17N5O3S4. The van der Waals surface area contributed by atoms with Gasteiger partial charge in [0, 0.05) is 38.8 Å². The third-order valence-electron chi connectivity index (χ3n) is 4.84. The summed E-state index contributed by atoms with van der Waals surface area (Å²) in [6, 6.07) is 8.82. The molecule has 156 valence electrons. The molecule has 0 atom stereocenters. The van der Waals surface area contributed by atoms with E-state index in [1.807, 2.05) is 17.5 Å². The quantitative estimate of drug-likeness (QED) is 0.437. The van der Waals surface area contributed by atoms with Crippen LogP contribution in [0, 0.1) is 0 Å². The van der Waals surface area contributed by atoms with Gasteiger partial charge >= 0.3 is 0 Å². The van der Waals surface area contributed by atoms with Crippen molar-refractivity contribution in [2.45, 2.75) is 10.8 Å². The Balaban J connectivity index is 1.30. The Morgan fingerprint density at radius 1 is 1.03 bits per heavy atom. The van der Waals surface area contributed by atoms with Crippen LogP contribution in [0.3, 0.4) is 0 Å². The lowest BCUT2D eigenvalue weighted by molar-refractivity contribution is 0.180. The molecule has 1 aliphatic rings. The van der Waals surface area contributed by atoms with Crippen molar-refractivity contribution >= 4 is 49.0 Å². The molecule has 4 aromatic heterocycles. The van der Waals surface area contributed by atoms with Gasteiger partial charge in [-0.05, 0) is 22.9 Å². The van der Waals surface area contributed by atoms with Gasteiger partial charge in [0.05, 0.1) is 10.6 Å². The Hall–Kier alpha value is -1.96. The van der Waals surface area contributed by atoms with E-state index in [0.29, 0.717) is 47.6 Å². The first-order valence-corrected chi connectivity index (χ1v) is 13.2. The van der Waals surface area contributed by atoms with Gasteiger partial charge in [-0.1, -0.05) is 23.5 Å². The van der Waals surface area contributed by atoms with Crippen molar-refractivity contribution in [1.82, 2.24) is 23.8 Å².